The van der Waals surface area contributed by atoms with Crippen molar-refractivity contribution in [3.63, 3.8) is 0 Å². The number of para-hydroxylation sites is 1. The molecule has 1 fully saturated rings. The van der Waals surface area contributed by atoms with Gasteiger partial charge in [0.05, 0.1) is 17.0 Å². The lowest BCUT2D eigenvalue weighted by atomic mass is 9.69. The van der Waals surface area contributed by atoms with E-state index in [-0.39, 0.29) is 0 Å². The number of hydrogen-bond donors (Lipinski definition) is 2. The molecule has 19 heavy (non-hydrogen) atoms. The second kappa shape index (κ2) is 4.31. The van der Waals surface area contributed by atoms with Crippen LogP contribution in [0.15, 0.2) is 36.4 Å². The van der Waals surface area contributed by atoms with Crippen LogP contribution in [0.25, 0.3) is 10.9 Å². The van der Waals surface area contributed by atoms with Crippen LogP contribution in [-0.4, -0.2) is 26.8 Å². The van der Waals surface area contributed by atoms with Crippen molar-refractivity contribution in [1.82, 2.24) is 4.98 Å². The average molecular weight is 257 g/mol. The van der Waals surface area contributed by atoms with Gasteiger partial charge in [-0.1, -0.05) is 24.3 Å². The predicted octanol–water partition coefficient (Wildman–Crippen LogP) is 2.00. The molecule has 2 N–H and O–H groups in total. The molecule has 0 saturated heterocycles. The molecule has 4 nitrogen and oxygen atoms in total. The lowest BCUT2D eigenvalue weighted by molar-refractivity contribution is -0.158. The molecule has 4 heteroatoms. The highest BCUT2D eigenvalue weighted by atomic mass is 16.4. The van der Waals surface area contributed by atoms with Crippen LogP contribution in [0.1, 0.15) is 18.5 Å². The van der Waals surface area contributed by atoms with E-state index < -0.39 is 17.5 Å². The smallest absolute Gasteiger partial charge is 0.306 e. The van der Waals surface area contributed by atoms with Gasteiger partial charge in [0.1, 0.15) is 0 Å². The normalized spacial score (nSPS) is 26.1. The van der Waals surface area contributed by atoms with Crippen LogP contribution < -0.4 is 0 Å². The van der Waals surface area contributed by atoms with Crippen molar-refractivity contribution >= 4 is 16.9 Å². The largest absolute Gasteiger partial charge is 0.481 e. The topological polar surface area (TPSA) is 70.4 Å². The van der Waals surface area contributed by atoms with E-state index in [0.29, 0.717) is 19.3 Å². The van der Waals surface area contributed by atoms with Crippen molar-refractivity contribution in [1.29, 1.82) is 0 Å². The zero-order chi connectivity index (χ0) is 13.5. The third kappa shape index (κ3) is 2.31. The molecule has 1 saturated carbocycles. The van der Waals surface area contributed by atoms with Gasteiger partial charge in [0, 0.05) is 17.5 Å². The van der Waals surface area contributed by atoms with Crippen LogP contribution in [0.5, 0.6) is 0 Å². The molecular formula is C15H15NO3. The summed E-state index contributed by atoms with van der Waals surface area (Å²) < 4.78 is 0. The summed E-state index contributed by atoms with van der Waals surface area (Å²) in [5, 5.41) is 20.2. The lowest BCUT2D eigenvalue weighted by Crippen LogP contribution is -2.48. The monoisotopic (exact) mass is 257 g/mol. The van der Waals surface area contributed by atoms with Crippen LogP contribution in [0, 0.1) is 5.92 Å². The zero-order valence-electron chi connectivity index (χ0n) is 10.4. The van der Waals surface area contributed by atoms with Crippen molar-refractivity contribution in [2.24, 2.45) is 5.92 Å². The summed E-state index contributed by atoms with van der Waals surface area (Å²) in [7, 11) is 0. The van der Waals surface area contributed by atoms with Gasteiger partial charge in [-0.3, -0.25) is 9.78 Å². The molecule has 0 radical (unpaired) electrons. The van der Waals surface area contributed by atoms with E-state index in [1.54, 1.807) is 0 Å². The van der Waals surface area contributed by atoms with E-state index in [9.17, 15) is 9.90 Å². The molecule has 1 aliphatic carbocycles. The molecule has 1 aromatic carbocycles. The molecule has 3 rings (SSSR count). The van der Waals surface area contributed by atoms with Gasteiger partial charge in [0.25, 0.3) is 0 Å². The van der Waals surface area contributed by atoms with Gasteiger partial charge in [-0.15, -0.1) is 0 Å². The molecular weight excluding hydrogens is 242 g/mol. The first kappa shape index (κ1) is 12.1. The Bertz CT molecular complexity index is 632. The van der Waals surface area contributed by atoms with Gasteiger partial charge in [-0.25, -0.2) is 0 Å². The first-order valence-electron chi connectivity index (χ1n) is 6.36. The number of aromatic nitrogens is 1. The Morgan fingerprint density at radius 3 is 2.74 bits per heavy atom. The van der Waals surface area contributed by atoms with Gasteiger partial charge >= 0.3 is 5.97 Å². The first-order valence-corrected chi connectivity index (χ1v) is 6.36. The first-order chi connectivity index (χ1) is 9.06. The Kier molecular flexibility index (Phi) is 2.75. The number of carboxylic acid groups (broad SMARTS) is 1. The SMILES string of the molecule is O=C(O)C1CC(O)(Cc2ccc3ccccc3n2)C1. The summed E-state index contributed by atoms with van der Waals surface area (Å²) in [5.74, 6) is -1.23. The third-order valence-electron chi connectivity index (χ3n) is 3.77. The van der Waals surface area contributed by atoms with Crippen molar-refractivity contribution in [3.8, 4) is 0 Å². The highest BCUT2D eigenvalue weighted by Gasteiger charge is 2.46. The molecule has 1 aliphatic rings. The summed E-state index contributed by atoms with van der Waals surface area (Å²) in [4.78, 5) is 15.3. The number of benzene rings is 1. The van der Waals surface area contributed by atoms with E-state index >= 15 is 0 Å². The number of rotatable bonds is 3. The van der Waals surface area contributed by atoms with E-state index in [0.717, 1.165) is 16.6 Å². The molecule has 0 amide bonds. The molecule has 1 aromatic heterocycles. The minimum atomic E-state index is -0.904. The number of carboxylic acids is 1. The molecule has 0 atom stereocenters. The third-order valence-corrected chi connectivity index (χ3v) is 3.77. The highest BCUT2D eigenvalue weighted by Crippen LogP contribution is 2.40. The van der Waals surface area contributed by atoms with Crippen molar-refractivity contribution in [3.05, 3.63) is 42.1 Å². The van der Waals surface area contributed by atoms with Crippen molar-refractivity contribution in [2.75, 3.05) is 0 Å². The molecule has 0 bridgehead atoms. The van der Waals surface area contributed by atoms with Crippen molar-refractivity contribution < 1.29 is 15.0 Å². The fourth-order valence-corrected chi connectivity index (χ4v) is 2.72. The summed E-state index contributed by atoms with van der Waals surface area (Å²) in [6.45, 7) is 0. The van der Waals surface area contributed by atoms with Gasteiger partial charge in [-0.2, -0.15) is 0 Å². The lowest BCUT2D eigenvalue weighted by Gasteiger charge is -2.41. The van der Waals surface area contributed by atoms with Crippen LogP contribution in [0.4, 0.5) is 0 Å². The number of hydrogen-bond acceptors (Lipinski definition) is 3. The molecule has 0 unspecified atom stereocenters. The number of aliphatic carboxylic acids is 1. The number of pyridine rings is 1. The second-order valence-electron chi connectivity index (χ2n) is 5.34. The molecule has 0 spiro atoms. The van der Waals surface area contributed by atoms with Crippen LogP contribution in [0.3, 0.4) is 0 Å². The minimum Gasteiger partial charge on any atom is -0.481 e. The van der Waals surface area contributed by atoms with Crippen LogP contribution in [0.2, 0.25) is 0 Å². The molecule has 2 aromatic rings. The Hall–Kier alpha value is -1.94. The van der Waals surface area contributed by atoms with Gasteiger partial charge < -0.3 is 10.2 Å². The number of nitrogens with zero attached hydrogens (tertiary/aromatic N) is 1. The van der Waals surface area contributed by atoms with E-state index in [4.69, 9.17) is 5.11 Å². The van der Waals surface area contributed by atoms with Crippen LogP contribution in [-0.2, 0) is 11.2 Å². The maximum atomic E-state index is 10.8. The summed E-state index contributed by atoms with van der Waals surface area (Å²) >= 11 is 0. The fraction of sp³-hybridized carbons (Fsp3) is 0.333. The molecule has 0 aliphatic heterocycles. The second-order valence-corrected chi connectivity index (χ2v) is 5.34. The van der Waals surface area contributed by atoms with Crippen LogP contribution >= 0.6 is 0 Å². The quantitative estimate of drug-likeness (QED) is 0.882. The average Bonchev–Trinajstić information content (AvgIpc) is 2.35. The maximum Gasteiger partial charge on any atom is 0.306 e. The number of carbonyl (C=O) groups is 1. The number of fused-ring (bicyclic) bond motifs is 1. The Balaban J connectivity index is 1.77. The number of aliphatic hydroxyl groups is 1. The highest BCUT2D eigenvalue weighted by molar-refractivity contribution is 5.78. The fourth-order valence-electron chi connectivity index (χ4n) is 2.72. The Morgan fingerprint density at radius 2 is 2.00 bits per heavy atom. The summed E-state index contributed by atoms with van der Waals surface area (Å²) in [6.07, 6.45) is 1.05. The zero-order valence-corrected chi connectivity index (χ0v) is 10.4. The Labute approximate surface area is 110 Å². The molecule has 98 valence electrons. The predicted molar refractivity (Wildman–Crippen MR) is 70.8 cm³/mol. The van der Waals surface area contributed by atoms with Gasteiger partial charge in [-0.05, 0) is 25.0 Å². The van der Waals surface area contributed by atoms with Gasteiger partial charge in [0.15, 0.2) is 0 Å². The summed E-state index contributed by atoms with van der Waals surface area (Å²) in [6, 6.07) is 11.7. The van der Waals surface area contributed by atoms with E-state index in [1.165, 1.54) is 0 Å². The van der Waals surface area contributed by atoms with E-state index in [2.05, 4.69) is 4.98 Å². The van der Waals surface area contributed by atoms with Gasteiger partial charge in [0.2, 0.25) is 0 Å². The standard InChI is InChI=1S/C15H15NO3/c17-14(18)11-7-15(19,8-11)9-12-6-5-10-3-1-2-4-13(10)16-12/h1-6,11,19H,7-9H2,(H,17,18). The molecule has 1 heterocycles. The van der Waals surface area contributed by atoms with E-state index in [1.807, 2.05) is 36.4 Å². The van der Waals surface area contributed by atoms with Crippen molar-refractivity contribution in [2.45, 2.75) is 24.9 Å². The summed E-state index contributed by atoms with van der Waals surface area (Å²) in [5.41, 5.74) is 0.807. The maximum absolute atomic E-state index is 10.8. The Morgan fingerprint density at radius 1 is 1.26 bits per heavy atom. The minimum absolute atomic E-state index is 0.316.